The van der Waals surface area contributed by atoms with Crippen molar-refractivity contribution in [3.63, 3.8) is 0 Å². The molecule has 142 valence electrons. The largest absolute Gasteiger partial charge is 0.475 e. The van der Waals surface area contributed by atoms with Crippen molar-refractivity contribution in [2.24, 2.45) is 0 Å². The lowest BCUT2D eigenvalue weighted by atomic mass is 10.2. The van der Waals surface area contributed by atoms with Gasteiger partial charge in [0.1, 0.15) is 6.61 Å². The third-order valence-electron chi connectivity index (χ3n) is 3.00. The van der Waals surface area contributed by atoms with Crippen LogP contribution in [0.4, 0.5) is 0 Å². The summed E-state index contributed by atoms with van der Waals surface area (Å²) in [4.78, 5) is 16.2. The molecule has 1 amide bonds. The van der Waals surface area contributed by atoms with Crippen molar-refractivity contribution in [1.29, 1.82) is 0 Å². The molecule has 0 spiro atoms. The summed E-state index contributed by atoms with van der Waals surface area (Å²) >= 11 is 0. The molecule has 1 aromatic heterocycles. The standard InChI is InChI=1S/C18H30N2O5/c1-6-22-16(23-7-2)13-20-17(21)14-8-9-15(19-12-14)24-10-11-25-18(3,4)5/h8-9,12,16H,6-7,10-11,13H2,1-5H3,(H,20,21). The zero-order valence-corrected chi connectivity index (χ0v) is 15.8. The number of rotatable bonds is 11. The van der Waals surface area contributed by atoms with Gasteiger partial charge in [-0.25, -0.2) is 4.98 Å². The Balaban J connectivity index is 2.40. The molecule has 1 N–H and O–H groups in total. The number of ether oxygens (including phenoxy) is 4. The first kappa shape index (κ1) is 21.3. The van der Waals surface area contributed by atoms with Crippen molar-refractivity contribution < 1.29 is 23.7 Å². The van der Waals surface area contributed by atoms with Gasteiger partial charge in [-0.05, 0) is 40.7 Å². The monoisotopic (exact) mass is 354 g/mol. The molecule has 0 radical (unpaired) electrons. The zero-order valence-electron chi connectivity index (χ0n) is 15.8. The predicted octanol–water partition coefficient (Wildman–Crippen LogP) is 2.40. The van der Waals surface area contributed by atoms with E-state index in [0.717, 1.165) is 0 Å². The van der Waals surface area contributed by atoms with Crippen LogP contribution in [0.25, 0.3) is 0 Å². The van der Waals surface area contributed by atoms with Gasteiger partial charge in [-0.15, -0.1) is 0 Å². The van der Waals surface area contributed by atoms with E-state index in [1.807, 2.05) is 34.6 Å². The summed E-state index contributed by atoms with van der Waals surface area (Å²) in [5.74, 6) is 0.218. The van der Waals surface area contributed by atoms with Gasteiger partial charge in [-0.2, -0.15) is 0 Å². The van der Waals surface area contributed by atoms with E-state index in [4.69, 9.17) is 18.9 Å². The van der Waals surface area contributed by atoms with Crippen LogP contribution in [0.1, 0.15) is 45.0 Å². The average Bonchev–Trinajstić information content (AvgIpc) is 2.56. The Labute approximate surface area is 150 Å². The second-order valence-electron chi connectivity index (χ2n) is 6.24. The molecule has 7 nitrogen and oxygen atoms in total. The van der Waals surface area contributed by atoms with Crippen molar-refractivity contribution in [2.45, 2.75) is 46.5 Å². The molecule has 0 saturated carbocycles. The molecule has 0 aromatic carbocycles. The maximum atomic E-state index is 12.1. The van der Waals surface area contributed by atoms with Crippen molar-refractivity contribution in [1.82, 2.24) is 10.3 Å². The number of carbonyl (C=O) groups excluding carboxylic acids is 1. The maximum Gasteiger partial charge on any atom is 0.253 e. The van der Waals surface area contributed by atoms with Crippen LogP contribution in [-0.4, -0.2) is 55.8 Å². The maximum absolute atomic E-state index is 12.1. The van der Waals surface area contributed by atoms with E-state index in [1.165, 1.54) is 6.20 Å². The molecular weight excluding hydrogens is 324 g/mol. The highest BCUT2D eigenvalue weighted by molar-refractivity contribution is 5.93. The zero-order chi connectivity index (χ0) is 18.7. The molecule has 7 heteroatoms. The van der Waals surface area contributed by atoms with Crippen molar-refractivity contribution in [3.8, 4) is 5.88 Å². The number of aromatic nitrogens is 1. The molecule has 0 aliphatic rings. The first-order valence-corrected chi connectivity index (χ1v) is 8.60. The van der Waals surface area contributed by atoms with Crippen molar-refractivity contribution in [2.75, 3.05) is 33.0 Å². The minimum atomic E-state index is -0.447. The van der Waals surface area contributed by atoms with E-state index < -0.39 is 6.29 Å². The molecule has 1 aromatic rings. The summed E-state index contributed by atoms with van der Waals surface area (Å²) in [6.45, 7) is 11.9. The molecule has 0 atom stereocenters. The van der Waals surface area contributed by atoms with Crippen LogP contribution in [0.15, 0.2) is 18.3 Å². The van der Waals surface area contributed by atoms with Gasteiger partial charge in [-0.1, -0.05) is 0 Å². The van der Waals surface area contributed by atoms with Crippen LogP contribution in [-0.2, 0) is 14.2 Å². The van der Waals surface area contributed by atoms with E-state index in [-0.39, 0.29) is 18.1 Å². The van der Waals surface area contributed by atoms with Crippen LogP contribution < -0.4 is 10.1 Å². The lowest BCUT2D eigenvalue weighted by Crippen LogP contribution is -2.35. The minimum absolute atomic E-state index is 0.195. The van der Waals surface area contributed by atoms with E-state index >= 15 is 0 Å². The Morgan fingerprint density at radius 3 is 2.36 bits per heavy atom. The summed E-state index contributed by atoms with van der Waals surface area (Å²) < 4.78 is 21.8. The van der Waals surface area contributed by atoms with Gasteiger partial charge in [0.25, 0.3) is 5.91 Å². The SMILES string of the molecule is CCOC(CNC(=O)c1ccc(OCCOC(C)(C)C)nc1)OCC. The number of carbonyl (C=O) groups is 1. The van der Waals surface area contributed by atoms with Crippen LogP contribution in [0, 0.1) is 0 Å². The fourth-order valence-electron chi connectivity index (χ4n) is 1.91. The van der Waals surface area contributed by atoms with Crippen molar-refractivity contribution in [3.05, 3.63) is 23.9 Å². The fraction of sp³-hybridized carbons (Fsp3) is 0.667. The lowest BCUT2D eigenvalue weighted by molar-refractivity contribution is -0.131. The van der Waals surface area contributed by atoms with Gasteiger partial charge in [0.05, 0.1) is 24.3 Å². The molecule has 1 rings (SSSR count). The summed E-state index contributed by atoms with van der Waals surface area (Å²) in [7, 11) is 0. The van der Waals surface area contributed by atoms with Gasteiger partial charge >= 0.3 is 0 Å². The molecule has 25 heavy (non-hydrogen) atoms. The summed E-state index contributed by atoms with van der Waals surface area (Å²) in [6.07, 6.45) is 1.03. The Hall–Kier alpha value is -1.70. The second kappa shape index (κ2) is 11.0. The topological polar surface area (TPSA) is 78.9 Å². The van der Waals surface area contributed by atoms with E-state index in [2.05, 4.69) is 10.3 Å². The quantitative estimate of drug-likeness (QED) is 0.486. The van der Waals surface area contributed by atoms with Gasteiger partial charge in [0, 0.05) is 25.5 Å². The van der Waals surface area contributed by atoms with Crippen LogP contribution in [0.2, 0.25) is 0 Å². The van der Waals surface area contributed by atoms with E-state index in [9.17, 15) is 4.79 Å². The number of hydrogen-bond donors (Lipinski definition) is 1. The first-order chi connectivity index (χ1) is 11.9. The molecule has 0 aliphatic carbocycles. The average molecular weight is 354 g/mol. The van der Waals surface area contributed by atoms with Gasteiger partial charge in [-0.3, -0.25) is 4.79 Å². The highest BCUT2D eigenvalue weighted by Gasteiger charge is 2.12. The summed E-state index contributed by atoms with van der Waals surface area (Å²) in [6, 6.07) is 3.33. The molecule has 0 aliphatic heterocycles. The Morgan fingerprint density at radius 2 is 1.84 bits per heavy atom. The van der Waals surface area contributed by atoms with Crippen LogP contribution >= 0.6 is 0 Å². The number of nitrogens with zero attached hydrogens (tertiary/aromatic N) is 1. The van der Waals surface area contributed by atoms with E-state index in [1.54, 1.807) is 12.1 Å². The molecule has 0 fully saturated rings. The molecular formula is C18H30N2O5. The summed E-state index contributed by atoms with van der Waals surface area (Å²) in [5.41, 5.74) is 0.254. The Bertz CT molecular complexity index is 493. The third kappa shape index (κ3) is 9.38. The Morgan fingerprint density at radius 1 is 1.16 bits per heavy atom. The first-order valence-electron chi connectivity index (χ1n) is 8.60. The molecule has 0 bridgehead atoms. The van der Waals surface area contributed by atoms with Crippen LogP contribution in [0.5, 0.6) is 5.88 Å². The second-order valence-corrected chi connectivity index (χ2v) is 6.24. The number of pyridine rings is 1. The predicted molar refractivity (Wildman–Crippen MR) is 94.8 cm³/mol. The van der Waals surface area contributed by atoms with Gasteiger partial charge < -0.3 is 24.3 Å². The molecule has 0 saturated heterocycles. The van der Waals surface area contributed by atoms with Gasteiger partial charge in [0.15, 0.2) is 6.29 Å². The lowest BCUT2D eigenvalue weighted by Gasteiger charge is -2.19. The fourth-order valence-corrected chi connectivity index (χ4v) is 1.91. The van der Waals surface area contributed by atoms with E-state index in [0.29, 0.717) is 37.9 Å². The van der Waals surface area contributed by atoms with Crippen molar-refractivity contribution >= 4 is 5.91 Å². The van der Waals surface area contributed by atoms with Crippen LogP contribution in [0.3, 0.4) is 0 Å². The smallest absolute Gasteiger partial charge is 0.253 e. The summed E-state index contributed by atoms with van der Waals surface area (Å²) in [5, 5.41) is 2.77. The highest BCUT2D eigenvalue weighted by Crippen LogP contribution is 2.09. The molecule has 0 unspecified atom stereocenters. The number of nitrogens with one attached hydrogen (secondary N) is 1. The number of hydrogen-bond acceptors (Lipinski definition) is 6. The minimum Gasteiger partial charge on any atom is -0.475 e. The van der Waals surface area contributed by atoms with Gasteiger partial charge in [0.2, 0.25) is 5.88 Å². The molecule has 1 heterocycles. The normalized spacial score (nSPS) is 11.6. The highest BCUT2D eigenvalue weighted by atomic mass is 16.7. The Kier molecular flexibility index (Phi) is 9.41. The third-order valence-corrected chi connectivity index (χ3v) is 3.00. The number of amides is 1.